The summed E-state index contributed by atoms with van der Waals surface area (Å²) in [5, 5.41) is 0. The topological polar surface area (TPSA) is 9.23 Å². The number of methoxy groups -OCH3 is 1. The predicted molar refractivity (Wildman–Crippen MR) is 83.4 cm³/mol. The minimum Gasteiger partial charge on any atom is -0.381 e. The summed E-state index contributed by atoms with van der Waals surface area (Å²) in [6.45, 7) is 6.54. The Hall–Kier alpha value is -1.60. The van der Waals surface area contributed by atoms with E-state index >= 15 is 0 Å². The standard InChI is InChI=1S/C18H24O/c1-4-7-17(10-6-15-19-3)8-5-9-18-13-11-16(2)12-14-18/h4,6-7,10-14H,1,5,8-9,15H2,2-3H3/b10-6-,17-7-. The number of allylic oxidation sites excluding steroid dienone is 4. The summed E-state index contributed by atoms with van der Waals surface area (Å²) >= 11 is 0. The van der Waals surface area contributed by atoms with Crippen molar-refractivity contribution in [1.82, 2.24) is 0 Å². The fourth-order valence-electron chi connectivity index (χ4n) is 1.92. The summed E-state index contributed by atoms with van der Waals surface area (Å²) in [6.07, 6.45) is 11.4. The summed E-state index contributed by atoms with van der Waals surface area (Å²) in [6, 6.07) is 8.78. The molecule has 0 spiro atoms. The van der Waals surface area contributed by atoms with Gasteiger partial charge in [0.05, 0.1) is 6.61 Å². The van der Waals surface area contributed by atoms with Crippen molar-refractivity contribution < 1.29 is 4.74 Å². The highest BCUT2D eigenvalue weighted by Crippen LogP contribution is 2.12. The van der Waals surface area contributed by atoms with Crippen molar-refractivity contribution in [3.63, 3.8) is 0 Å². The van der Waals surface area contributed by atoms with Gasteiger partial charge >= 0.3 is 0 Å². The molecule has 1 rings (SSSR count). The molecule has 0 atom stereocenters. The molecule has 0 saturated carbocycles. The van der Waals surface area contributed by atoms with Crippen molar-refractivity contribution in [2.75, 3.05) is 13.7 Å². The van der Waals surface area contributed by atoms with Crippen LogP contribution in [0.3, 0.4) is 0 Å². The number of hydrogen-bond donors (Lipinski definition) is 0. The molecule has 0 aliphatic rings. The van der Waals surface area contributed by atoms with Crippen LogP contribution in [-0.2, 0) is 11.2 Å². The van der Waals surface area contributed by atoms with Crippen molar-refractivity contribution in [2.45, 2.75) is 26.2 Å². The van der Waals surface area contributed by atoms with Gasteiger partial charge in [0, 0.05) is 7.11 Å². The maximum absolute atomic E-state index is 5.02. The van der Waals surface area contributed by atoms with Gasteiger partial charge < -0.3 is 4.74 Å². The Morgan fingerprint density at radius 1 is 1.26 bits per heavy atom. The third-order valence-corrected chi connectivity index (χ3v) is 2.98. The lowest BCUT2D eigenvalue weighted by Crippen LogP contribution is -1.88. The summed E-state index contributed by atoms with van der Waals surface area (Å²) in [5.74, 6) is 0. The van der Waals surface area contributed by atoms with Gasteiger partial charge in [-0.15, -0.1) is 0 Å². The van der Waals surface area contributed by atoms with Gasteiger partial charge in [0.15, 0.2) is 0 Å². The van der Waals surface area contributed by atoms with Crippen LogP contribution in [-0.4, -0.2) is 13.7 Å². The van der Waals surface area contributed by atoms with Crippen LogP contribution in [0.4, 0.5) is 0 Å². The normalized spacial score (nSPS) is 12.0. The molecule has 0 N–H and O–H groups in total. The molecule has 0 aliphatic carbocycles. The van der Waals surface area contributed by atoms with Gasteiger partial charge in [-0.2, -0.15) is 0 Å². The minimum absolute atomic E-state index is 0.659. The van der Waals surface area contributed by atoms with Gasteiger partial charge in [-0.25, -0.2) is 0 Å². The lowest BCUT2D eigenvalue weighted by atomic mass is 10.0. The molecule has 0 aliphatic heterocycles. The Kier molecular flexibility index (Phi) is 7.60. The number of hydrogen-bond acceptors (Lipinski definition) is 1. The molecule has 0 saturated heterocycles. The number of rotatable bonds is 8. The van der Waals surface area contributed by atoms with Crippen molar-refractivity contribution >= 4 is 0 Å². The van der Waals surface area contributed by atoms with Crippen molar-refractivity contribution in [3.8, 4) is 0 Å². The average molecular weight is 256 g/mol. The maximum Gasteiger partial charge on any atom is 0.0646 e. The highest BCUT2D eigenvalue weighted by atomic mass is 16.5. The number of aryl methyl sites for hydroxylation is 2. The molecule has 1 heteroatoms. The summed E-state index contributed by atoms with van der Waals surface area (Å²) < 4.78 is 5.02. The molecule has 0 radical (unpaired) electrons. The zero-order chi connectivity index (χ0) is 13.9. The molecule has 1 aromatic rings. The quantitative estimate of drug-likeness (QED) is 0.616. The molecule has 0 aromatic heterocycles. The first-order valence-corrected chi connectivity index (χ1v) is 6.79. The van der Waals surface area contributed by atoms with Crippen LogP contribution in [0.5, 0.6) is 0 Å². The Morgan fingerprint density at radius 3 is 2.63 bits per heavy atom. The average Bonchev–Trinajstić information content (AvgIpc) is 2.41. The monoisotopic (exact) mass is 256 g/mol. The van der Waals surface area contributed by atoms with Crippen LogP contribution in [0, 0.1) is 6.92 Å². The molecule has 102 valence electrons. The molecule has 1 nitrogen and oxygen atoms in total. The van der Waals surface area contributed by atoms with Crippen LogP contribution >= 0.6 is 0 Å². The highest BCUT2D eigenvalue weighted by Gasteiger charge is 1.96. The van der Waals surface area contributed by atoms with Gasteiger partial charge in [0.1, 0.15) is 0 Å². The molecular weight excluding hydrogens is 232 g/mol. The first-order valence-electron chi connectivity index (χ1n) is 6.79. The van der Waals surface area contributed by atoms with Gasteiger partial charge in [0.25, 0.3) is 0 Å². The van der Waals surface area contributed by atoms with Crippen LogP contribution < -0.4 is 0 Å². The zero-order valence-corrected chi connectivity index (χ0v) is 12.1. The van der Waals surface area contributed by atoms with E-state index in [1.54, 1.807) is 7.11 Å². The second-order valence-electron chi connectivity index (χ2n) is 4.67. The Labute approximate surface area is 117 Å². The summed E-state index contributed by atoms with van der Waals surface area (Å²) in [4.78, 5) is 0. The first kappa shape index (κ1) is 15.5. The third-order valence-electron chi connectivity index (χ3n) is 2.98. The molecule has 0 unspecified atom stereocenters. The second-order valence-corrected chi connectivity index (χ2v) is 4.67. The van der Waals surface area contributed by atoms with E-state index in [-0.39, 0.29) is 0 Å². The molecular formula is C18H24O. The fourth-order valence-corrected chi connectivity index (χ4v) is 1.92. The number of ether oxygens (including phenoxy) is 1. The van der Waals surface area contributed by atoms with Gasteiger partial charge in [-0.05, 0) is 37.3 Å². The molecule has 1 aromatic carbocycles. The predicted octanol–water partition coefficient (Wildman–Crippen LogP) is 4.63. The van der Waals surface area contributed by atoms with E-state index in [2.05, 4.69) is 49.9 Å². The van der Waals surface area contributed by atoms with E-state index in [9.17, 15) is 0 Å². The van der Waals surface area contributed by atoms with Gasteiger partial charge in [-0.3, -0.25) is 0 Å². The minimum atomic E-state index is 0.659. The summed E-state index contributed by atoms with van der Waals surface area (Å²) in [7, 11) is 1.71. The lowest BCUT2D eigenvalue weighted by Gasteiger charge is -2.04. The van der Waals surface area contributed by atoms with E-state index < -0.39 is 0 Å². The second kappa shape index (κ2) is 9.35. The lowest BCUT2D eigenvalue weighted by molar-refractivity contribution is 0.234. The SMILES string of the molecule is C=C/C=C(\C=C/COC)CCCc1ccc(C)cc1. The Balaban J connectivity index is 2.42. The van der Waals surface area contributed by atoms with Gasteiger partial charge in [0.2, 0.25) is 0 Å². The molecule has 0 amide bonds. The van der Waals surface area contributed by atoms with Crippen molar-refractivity contribution in [1.29, 1.82) is 0 Å². The van der Waals surface area contributed by atoms with Crippen LogP contribution in [0.1, 0.15) is 24.0 Å². The van der Waals surface area contributed by atoms with E-state index in [1.807, 2.05) is 12.2 Å². The zero-order valence-electron chi connectivity index (χ0n) is 12.1. The maximum atomic E-state index is 5.02. The van der Waals surface area contributed by atoms with Crippen molar-refractivity contribution in [2.24, 2.45) is 0 Å². The molecule has 0 heterocycles. The molecule has 0 bridgehead atoms. The molecule has 0 fully saturated rings. The fraction of sp³-hybridized carbons (Fsp3) is 0.333. The summed E-state index contributed by atoms with van der Waals surface area (Å²) in [5.41, 5.74) is 4.03. The van der Waals surface area contributed by atoms with Gasteiger partial charge in [-0.1, -0.05) is 60.7 Å². The van der Waals surface area contributed by atoms with E-state index in [1.165, 1.54) is 16.7 Å². The Morgan fingerprint density at radius 2 is 2.00 bits per heavy atom. The van der Waals surface area contributed by atoms with Crippen LogP contribution in [0.25, 0.3) is 0 Å². The highest BCUT2D eigenvalue weighted by molar-refractivity contribution is 5.24. The van der Waals surface area contributed by atoms with Crippen LogP contribution in [0.15, 0.2) is 60.7 Å². The number of benzene rings is 1. The van der Waals surface area contributed by atoms with E-state index in [0.717, 1.165) is 19.3 Å². The smallest absolute Gasteiger partial charge is 0.0646 e. The third kappa shape index (κ3) is 6.78. The van der Waals surface area contributed by atoms with Crippen molar-refractivity contribution in [3.05, 3.63) is 71.8 Å². The molecule has 19 heavy (non-hydrogen) atoms. The first-order chi connectivity index (χ1) is 9.26. The largest absolute Gasteiger partial charge is 0.381 e. The Bertz CT molecular complexity index is 424. The van der Waals surface area contributed by atoms with E-state index in [4.69, 9.17) is 4.74 Å². The van der Waals surface area contributed by atoms with Crippen LogP contribution in [0.2, 0.25) is 0 Å². The van der Waals surface area contributed by atoms with E-state index in [0.29, 0.717) is 6.61 Å².